The van der Waals surface area contributed by atoms with Gasteiger partial charge in [-0.25, -0.2) is 0 Å². The van der Waals surface area contributed by atoms with Crippen LogP contribution in [0.15, 0.2) is 30.3 Å². The molecule has 0 amide bonds. The predicted molar refractivity (Wildman–Crippen MR) is 84.1 cm³/mol. The number of carbonyl (C=O) groups excluding carboxylic acids is 1. The van der Waals surface area contributed by atoms with Gasteiger partial charge in [0.15, 0.2) is 5.78 Å². The fraction of sp³-hybridized carbons (Fsp3) is 0.611. The van der Waals surface area contributed by atoms with E-state index in [2.05, 4.69) is 25.7 Å². The highest BCUT2D eigenvalue weighted by atomic mass is 16.1. The van der Waals surface area contributed by atoms with Gasteiger partial charge in [0.05, 0.1) is 6.04 Å². The Kier molecular flexibility index (Phi) is 4.98. The molecule has 20 heavy (non-hydrogen) atoms. The molecule has 2 nitrogen and oxygen atoms in total. The van der Waals surface area contributed by atoms with E-state index in [-0.39, 0.29) is 11.8 Å². The second-order valence-electron chi connectivity index (χ2n) is 6.15. The van der Waals surface area contributed by atoms with Crippen LogP contribution in [0.3, 0.4) is 0 Å². The summed E-state index contributed by atoms with van der Waals surface area (Å²) in [7, 11) is 0. The molecule has 1 aliphatic heterocycles. The number of piperidine rings is 1. The van der Waals surface area contributed by atoms with Gasteiger partial charge < -0.3 is 0 Å². The minimum absolute atomic E-state index is 0.00381. The van der Waals surface area contributed by atoms with Gasteiger partial charge in [0, 0.05) is 5.56 Å². The van der Waals surface area contributed by atoms with E-state index in [9.17, 15) is 4.79 Å². The summed E-state index contributed by atoms with van der Waals surface area (Å²) in [4.78, 5) is 14.9. The summed E-state index contributed by atoms with van der Waals surface area (Å²) in [5.74, 6) is 0.256. The third-order valence-electron chi connectivity index (χ3n) is 5.34. The van der Waals surface area contributed by atoms with Crippen molar-refractivity contribution in [3.8, 4) is 0 Å². The minimum Gasteiger partial charge on any atom is -0.293 e. The maximum atomic E-state index is 12.5. The number of nitrogens with zero attached hydrogens (tertiary/aromatic N) is 1. The number of hydrogen-bond acceptors (Lipinski definition) is 2. The maximum Gasteiger partial charge on any atom is 0.179 e. The number of hydrogen-bond donors (Lipinski definition) is 0. The van der Waals surface area contributed by atoms with Crippen molar-refractivity contribution in [2.75, 3.05) is 13.1 Å². The number of carbonyl (C=O) groups is 1. The summed E-state index contributed by atoms with van der Waals surface area (Å²) >= 11 is 0. The van der Waals surface area contributed by atoms with Crippen LogP contribution in [0.2, 0.25) is 0 Å². The molecule has 1 atom stereocenters. The van der Waals surface area contributed by atoms with Crippen LogP contribution in [-0.4, -0.2) is 29.8 Å². The number of ketones is 1. The Hall–Kier alpha value is -1.15. The molecule has 0 aliphatic carbocycles. The van der Waals surface area contributed by atoms with E-state index >= 15 is 0 Å². The third kappa shape index (κ3) is 3.12. The molecule has 1 saturated heterocycles. The lowest BCUT2D eigenvalue weighted by Crippen LogP contribution is -2.46. The lowest BCUT2D eigenvalue weighted by Gasteiger charge is -2.42. The Labute approximate surface area is 123 Å². The van der Waals surface area contributed by atoms with Crippen molar-refractivity contribution in [2.24, 2.45) is 5.41 Å². The van der Waals surface area contributed by atoms with Crippen molar-refractivity contribution in [2.45, 2.75) is 52.5 Å². The van der Waals surface area contributed by atoms with Crippen molar-refractivity contribution in [1.29, 1.82) is 0 Å². The van der Waals surface area contributed by atoms with Crippen LogP contribution in [0.5, 0.6) is 0 Å². The number of likely N-dealkylation sites (tertiary alicyclic amines) is 1. The van der Waals surface area contributed by atoms with Crippen LogP contribution in [0.25, 0.3) is 0 Å². The molecule has 1 unspecified atom stereocenters. The Morgan fingerprint density at radius 2 is 1.70 bits per heavy atom. The molecule has 1 heterocycles. The van der Waals surface area contributed by atoms with Crippen LogP contribution in [-0.2, 0) is 0 Å². The summed E-state index contributed by atoms with van der Waals surface area (Å²) in [6.45, 7) is 8.78. The molecule has 0 bridgehead atoms. The molecule has 2 heteroatoms. The lowest BCUT2D eigenvalue weighted by molar-refractivity contribution is 0.0574. The molecule has 1 aliphatic rings. The van der Waals surface area contributed by atoms with Gasteiger partial charge in [-0.05, 0) is 38.3 Å². The first-order chi connectivity index (χ1) is 9.62. The Balaban J connectivity index is 1.98. The highest BCUT2D eigenvalue weighted by Crippen LogP contribution is 2.38. The van der Waals surface area contributed by atoms with Crippen molar-refractivity contribution in [1.82, 2.24) is 4.90 Å². The van der Waals surface area contributed by atoms with Crippen molar-refractivity contribution in [3.05, 3.63) is 35.9 Å². The first kappa shape index (κ1) is 15.2. The molecule has 1 aromatic rings. The number of rotatable bonds is 5. The molecular formula is C18H27NO. The van der Waals surface area contributed by atoms with Crippen LogP contribution in [0.1, 0.15) is 56.8 Å². The standard InChI is InChI=1S/C18H27NO/c1-4-18(5-2)11-13-19(14-12-18)15(3)17(20)16-9-7-6-8-10-16/h6-10,15H,4-5,11-14H2,1-3H3. The zero-order chi connectivity index (χ0) is 14.6. The fourth-order valence-corrected chi connectivity index (χ4v) is 3.35. The quantitative estimate of drug-likeness (QED) is 0.751. The lowest BCUT2D eigenvalue weighted by atomic mass is 9.74. The average Bonchev–Trinajstić information content (AvgIpc) is 2.54. The molecular weight excluding hydrogens is 246 g/mol. The van der Waals surface area contributed by atoms with E-state index in [1.807, 2.05) is 30.3 Å². The van der Waals surface area contributed by atoms with E-state index in [4.69, 9.17) is 0 Å². The average molecular weight is 273 g/mol. The zero-order valence-electron chi connectivity index (χ0n) is 13.1. The minimum atomic E-state index is 0.00381. The van der Waals surface area contributed by atoms with Crippen LogP contribution in [0.4, 0.5) is 0 Å². The van der Waals surface area contributed by atoms with Gasteiger partial charge in [-0.3, -0.25) is 9.69 Å². The smallest absolute Gasteiger partial charge is 0.179 e. The third-order valence-corrected chi connectivity index (χ3v) is 5.34. The summed E-state index contributed by atoms with van der Waals surface area (Å²) in [5.41, 5.74) is 1.36. The van der Waals surface area contributed by atoms with Crippen molar-refractivity contribution in [3.63, 3.8) is 0 Å². The Morgan fingerprint density at radius 1 is 1.15 bits per heavy atom. The predicted octanol–water partition coefficient (Wildman–Crippen LogP) is 4.16. The molecule has 0 aromatic heterocycles. The van der Waals surface area contributed by atoms with E-state index in [1.54, 1.807) is 0 Å². The molecule has 0 saturated carbocycles. The second-order valence-corrected chi connectivity index (χ2v) is 6.15. The highest BCUT2D eigenvalue weighted by Gasteiger charge is 2.34. The molecule has 0 spiro atoms. The monoisotopic (exact) mass is 273 g/mol. The summed E-state index contributed by atoms with van der Waals surface area (Å²) in [6, 6.07) is 9.68. The Morgan fingerprint density at radius 3 is 2.20 bits per heavy atom. The zero-order valence-corrected chi connectivity index (χ0v) is 13.1. The SMILES string of the molecule is CCC1(CC)CCN(C(C)C(=O)c2ccccc2)CC1. The van der Waals surface area contributed by atoms with E-state index in [0.29, 0.717) is 5.41 Å². The van der Waals surface area contributed by atoms with Gasteiger partial charge in [0.25, 0.3) is 0 Å². The molecule has 1 fully saturated rings. The van der Waals surface area contributed by atoms with E-state index in [1.165, 1.54) is 25.7 Å². The number of Topliss-reactive ketones (excluding diaryl/α,β-unsaturated/α-hetero) is 1. The first-order valence-corrected chi connectivity index (χ1v) is 7.95. The van der Waals surface area contributed by atoms with E-state index < -0.39 is 0 Å². The normalized spacial score (nSPS) is 20.6. The van der Waals surface area contributed by atoms with Gasteiger partial charge in [-0.15, -0.1) is 0 Å². The highest BCUT2D eigenvalue weighted by molar-refractivity contribution is 5.99. The van der Waals surface area contributed by atoms with Gasteiger partial charge >= 0.3 is 0 Å². The summed E-state index contributed by atoms with van der Waals surface area (Å²) < 4.78 is 0. The van der Waals surface area contributed by atoms with Gasteiger partial charge in [0.1, 0.15) is 0 Å². The van der Waals surface area contributed by atoms with Gasteiger partial charge in [-0.2, -0.15) is 0 Å². The maximum absolute atomic E-state index is 12.5. The molecule has 1 aromatic carbocycles. The van der Waals surface area contributed by atoms with Crippen LogP contribution >= 0.6 is 0 Å². The molecule has 0 N–H and O–H groups in total. The van der Waals surface area contributed by atoms with Crippen molar-refractivity contribution < 1.29 is 4.79 Å². The topological polar surface area (TPSA) is 20.3 Å². The van der Waals surface area contributed by atoms with Gasteiger partial charge in [-0.1, -0.05) is 57.0 Å². The van der Waals surface area contributed by atoms with Crippen molar-refractivity contribution >= 4 is 5.78 Å². The molecule has 110 valence electrons. The summed E-state index contributed by atoms with van der Waals surface area (Å²) in [6.07, 6.45) is 4.98. The largest absolute Gasteiger partial charge is 0.293 e. The first-order valence-electron chi connectivity index (χ1n) is 7.95. The summed E-state index contributed by atoms with van der Waals surface area (Å²) in [5, 5.41) is 0. The second kappa shape index (κ2) is 6.53. The number of benzene rings is 1. The van der Waals surface area contributed by atoms with Gasteiger partial charge in [0.2, 0.25) is 0 Å². The van der Waals surface area contributed by atoms with Crippen LogP contribution in [0, 0.1) is 5.41 Å². The molecule has 0 radical (unpaired) electrons. The fourth-order valence-electron chi connectivity index (χ4n) is 3.35. The molecule has 2 rings (SSSR count). The Bertz CT molecular complexity index is 426. The van der Waals surface area contributed by atoms with E-state index in [0.717, 1.165) is 18.7 Å². The van der Waals surface area contributed by atoms with Crippen LogP contribution < -0.4 is 0 Å².